The third-order valence-electron chi connectivity index (χ3n) is 5.06. The average molecular weight is 380 g/mol. The maximum absolute atomic E-state index is 13.2. The number of carbonyl (C=O) groups is 3. The molecule has 0 radical (unpaired) electrons. The van der Waals surface area contributed by atoms with Crippen molar-refractivity contribution in [1.29, 1.82) is 0 Å². The minimum absolute atomic E-state index is 0.0245. The Labute approximate surface area is 164 Å². The van der Waals surface area contributed by atoms with Crippen molar-refractivity contribution >= 4 is 23.5 Å². The molecule has 28 heavy (non-hydrogen) atoms. The van der Waals surface area contributed by atoms with E-state index in [2.05, 4.69) is 5.32 Å². The number of nitrogens with one attached hydrogen (secondary N) is 1. The molecule has 2 atom stereocenters. The van der Waals surface area contributed by atoms with Crippen molar-refractivity contribution < 1.29 is 19.5 Å². The molecule has 0 saturated carbocycles. The van der Waals surface area contributed by atoms with E-state index in [1.165, 1.54) is 0 Å². The Morgan fingerprint density at radius 2 is 1.75 bits per heavy atom. The quantitative estimate of drug-likeness (QED) is 0.802. The second kappa shape index (κ2) is 8.69. The van der Waals surface area contributed by atoms with E-state index < -0.39 is 17.9 Å². The fraction of sp³-hybridized carbons (Fsp3) is 0.318. The molecule has 1 aliphatic heterocycles. The summed E-state index contributed by atoms with van der Waals surface area (Å²) >= 11 is 0. The summed E-state index contributed by atoms with van der Waals surface area (Å²) in [7, 11) is 0. The van der Waals surface area contributed by atoms with Gasteiger partial charge in [-0.3, -0.25) is 14.4 Å². The lowest BCUT2D eigenvalue weighted by Gasteiger charge is -2.34. The third kappa shape index (κ3) is 4.39. The van der Waals surface area contributed by atoms with Crippen molar-refractivity contribution in [2.45, 2.75) is 38.1 Å². The molecule has 3 rings (SSSR count). The number of benzene rings is 2. The maximum Gasteiger partial charge on any atom is 0.310 e. The van der Waals surface area contributed by atoms with Crippen LogP contribution >= 0.6 is 0 Å². The third-order valence-corrected chi connectivity index (χ3v) is 5.06. The number of nitrogens with zero attached hydrogens (tertiary/aromatic N) is 1. The Hall–Kier alpha value is -3.15. The van der Waals surface area contributed by atoms with Crippen LogP contribution in [-0.4, -0.2) is 34.3 Å². The van der Waals surface area contributed by atoms with Gasteiger partial charge in [-0.1, -0.05) is 42.5 Å². The zero-order chi connectivity index (χ0) is 20.1. The molecule has 146 valence electrons. The maximum atomic E-state index is 13.2. The van der Waals surface area contributed by atoms with Gasteiger partial charge in [0.15, 0.2) is 0 Å². The van der Waals surface area contributed by atoms with Crippen LogP contribution in [0.5, 0.6) is 0 Å². The minimum Gasteiger partial charge on any atom is -0.481 e. The van der Waals surface area contributed by atoms with Crippen molar-refractivity contribution in [2.24, 2.45) is 0 Å². The number of carboxylic acids is 1. The molecule has 1 aliphatic rings. The summed E-state index contributed by atoms with van der Waals surface area (Å²) in [5, 5.41) is 12.1. The minimum atomic E-state index is -0.926. The molecule has 2 aromatic carbocycles. The van der Waals surface area contributed by atoms with Crippen LogP contribution < -0.4 is 5.32 Å². The highest BCUT2D eigenvalue weighted by molar-refractivity contribution is 5.98. The number of likely N-dealkylation sites (tertiary alicyclic amines) is 1. The summed E-state index contributed by atoms with van der Waals surface area (Å²) < 4.78 is 0. The van der Waals surface area contributed by atoms with E-state index in [9.17, 15) is 19.5 Å². The molecule has 2 aromatic rings. The predicted octanol–water partition coefficient (Wildman–Crippen LogP) is 3.57. The molecule has 2 unspecified atom stereocenters. The number of carbonyl (C=O) groups excluding carboxylic acids is 2. The summed E-state index contributed by atoms with van der Waals surface area (Å²) in [6.45, 7) is 2.14. The smallest absolute Gasteiger partial charge is 0.310 e. The van der Waals surface area contributed by atoms with E-state index in [1.807, 2.05) is 30.3 Å². The van der Waals surface area contributed by atoms with Gasteiger partial charge in [0, 0.05) is 18.7 Å². The Morgan fingerprint density at radius 3 is 2.43 bits per heavy atom. The Morgan fingerprint density at radius 1 is 1.04 bits per heavy atom. The number of piperidine rings is 1. The van der Waals surface area contributed by atoms with E-state index in [-0.39, 0.29) is 11.8 Å². The summed E-state index contributed by atoms with van der Waals surface area (Å²) in [5.41, 5.74) is 1.88. The summed E-state index contributed by atoms with van der Waals surface area (Å²) in [6, 6.07) is 15.3. The van der Waals surface area contributed by atoms with Gasteiger partial charge in [-0.15, -0.1) is 0 Å². The van der Waals surface area contributed by atoms with E-state index >= 15 is 0 Å². The van der Waals surface area contributed by atoms with Crippen molar-refractivity contribution in [2.75, 3.05) is 11.9 Å². The first-order valence-electron chi connectivity index (χ1n) is 9.45. The SMILES string of the molecule is CC(C(=O)O)c1cccc(NC(=O)C(c2ccccc2)N2CCCCC2=O)c1. The van der Waals surface area contributed by atoms with Crippen LogP contribution in [0.25, 0.3) is 0 Å². The van der Waals surface area contributed by atoms with Gasteiger partial charge in [0.05, 0.1) is 5.92 Å². The monoisotopic (exact) mass is 380 g/mol. The van der Waals surface area contributed by atoms with Crippen LogP contribution in [0.2, 0.25) is 0 Å². The zero-order valence-corrected chi connectivity index (χ0v) is 15.8. The molecule has 6 nitrogen and oxygen atoms in total. The van der Waals surface area contributed by atoms with Gasteiger partial charge in [-0.25, -0.2) is 0 Å². The number of rotatable bonds is 6. The van der Waals surface area contributed by atoms with Crippen molar-refractivity contribution in [1.82, 2.24) is 4.90 Å². The van der Waals surface area contributed by atoms with E-state index in [4.69, 9.17) is 0 Å². The Balaban J connectivity index is 1.87. The molecule has 1 heterocycles. The number of aliphatic carboxylic acids is 1. The van der Waals surface area contributed by atoms with Crippen molar-refractivity contribution in [3.05, 3.63) is 65.7 Å². The standard InChI is InChI=1S/C22H24N2O4/c1-15(22(27)28)17-10-7-11-18(14-17)23-21(26)20(16-8-3-2-4-9-16)24-13-6-5-12-19(24)25/h2-4,7-11,14-15,20H,5-6,12-13H2,1H3,(H,23,26)(H,27,28). The molecule has 6 heteroatoms. The molecule has 1 saturated heterocycles. The summed E-state index contributed by atoms with van der Waals surface area (Å²) in [6.07, 6.45) is 2.16. The number of hydrogen-bond acceptors (Lipinski definition) is 3. The lowest BCUT2D eigenvalue weighted by Crippen LogP contribution is -2.43. The Kier molecular flexibility index (Phi) is 6.09. The normalized spacial score (nSPS) is 16.3. The summed E-state index contributed by atoms with van der Waals surface area (Å²) in [5.74, 6) is -1.93. The van der Waals surface area contributed by atoms with Crippen molar-refractivity contribution in [3.63, 3.8) is 0 Å². The predicted molar refractivity (Wildman–Crippen MR) is 106 cm³/mol. The van der Waals surface area contributed by atoms with Crippen LogP contribution in [-0.2, 0) is 14.4 Å². The number of amides is 2. The molecule has 0 aliphatic carbocycles. The molecule has 0 spiro atoms. The van der Waals surface area contributed by atoms with Crippen LogP contribution in [0.4, 0.5) is 5.69 Å². The lowest BCUT2D eigenvalue weighted by atomic mass is 9.99. The first-order valence-corrected chi connectivity index (χ1v) is 9.45. The largest absolute Gasteiger partial charge is 0.481 e. The zero-order valence-electron chi connectivity index (χ0n) is 15.8. The van der Waals surface area contributed by atoms with Gasteiger partial charge in [0.25, 0.3) is 5.91 Å². The van der Waals surface area contributed by atoms with Crippen LogP contribution in [0.15, 0.2) is 54.6 Å². The fourth-order valence-corrected chi connectivity index (χ4v) is 3.45. The first kappa shape index (κ1) is 19.6. The van der Waals surface area contributed by atoms with Gasteiger partial charge < -0.3 is 15.3 Å². The van der Waals surface area contributed by atoms with Gasteiger partial charge in [0.1, 0.15) is 6.04 Å². The highest BCUT2D eigenvalue weighted by Crippen LogP contribution is 2.28. The van der Waals surface area contributed by atoms with Gasteiger partial charge in [-0.05, 0) is 43.0 Å². The molecule has 1 fully saturated rings. The van der Waals surface area contributed by atoms with Crippen LogP contribution in [0, 0.1) is 0 Å². The number of hydrogen-bond donors (Lipinski definition) is 2. The van der Waals surface area contributed by atoms with Gasteiger partial charge >= 0.3 is 5.97 Å². The fourth-order valence-electron chi connectivity index (χ4n) is 3.45. The molecule has 2 amide bonds. The van der Waals surface area contributed by atoms with E-state index in [0.29, 0.717) is 24.2 Å². The van der Waals surface area contributed by atoms with Crippen molar-refractivity contribution in [3.8, 4) is 0 Å². The Bertz CT molecular complexity index is 866. The lowest BCUT2D eigenvalue weighted by molar-refractivity contribution is -0.141. The van der Waals surface area contributed by atoms with Crippen LogP contribution in [0.1, 0.15) is 49.3 Å². The second-order valence-electron chi connectivity index (χ2n) is 7.03. The van der Waals surface area contributed by atoms with E-state index in [0.717, 1.165) is 18.4 Å². The molecular weight excluding hydrogens is 356 g/mol. The van der Waals surface area contributed by atoms with Crippen LogP contribution in [0.3, 0.4) is 0 Å². The second-order valence-corrected chi connectivity index (χ2v) is 7.03. The highest BCUT2D eigenvalue weighted by atomic mass is 16.4. The first-order chi connectivity index (χ1) is 13.5. The summed E-state index contributed by atoms with van der Waals surface area (Å²) in [4.78, 5) is 38.5. The topological polar surface area (TPSA) is 86.7 Å². The molecule has 0 bridgehead atoms. The average Bonchev–Trinajstić information content (AvgIpc) is 2.70. The molecule has 2 N–H and O–H groups in total. The number of anilines is 1. The highest BCUT2D eigenvalue weighted by Gasteiger charge is 2.32. The van der Waals surface area contributed by atoms with Gasteiger partial charge in [0.2, 0.25) is 5.91 Å². The molecule has 0 aromatic heterocycles. The van der Waals surface area contributed by atoms with E-state index in [1.54, 1.807) is 36.1 Å². The molecular formula is C22H24N2O4. The number of carboxylic acid groups (broad SMARTS) is 1. The van der Waals surface area contributed by atoms with Gasteiger partial charge in [-0.2, -0.15) is 0 Å².